The van der Waals surface area contributed by atoms with Gasteiger partial charge in [0.25, 0.3) is 0 Å². The van der Waals surface area contributed by atoms with E-state index in [1.807, 2.05) is 13.0 Å². The van der Waals surface area contributed by atoms with E-state index in [9.17, 15) is 9.90 Å². The zero-order valence-electron chi connectivity index (χ0n) is 10.5. The predicted octanol–water partition coefficient (Wildman–Crippen LogP) is 4.98. The van der Waals surface area contributed by atoms with Crippen molar-refractivity contribution in [2.24, 2.45) is 0 Å². The van der Waals surface area contributed by atoms with Crippen LogP contribution in [0.5, 0.6) is 0 Å². The fourth-order valence-corrected chi connectivity index (χ4v) is 2.47. The average Bonchev–Trinajstić information content (AvgIpc) is 2.32. The summed E-state index contributed by atoms with van der Waals surface area (Å²) in [6.07, 6.45) is 0. The number of hydrogen-bond donors (Lipinski definition) is 1. The molecular formula is C15H12Cl2O2. The third-order valence-electron chi connectivity index (χ3n) is 3.02. The molecule has 0 heterocycles. The van der Waals surface area contributed by atoms with Gasteiger partial charge in [-0.15, -0.1) is 0 Å². The maximum atomic E-state index is 11.2. The van der Waals surface area contributed by atoms with E-state index >= 15 is 0 Å². The first-order valence-corrected chi connectivity index (χ1v) is 6.45. The maximum Gasteiger partial charge on any atom is 0.335 e. The van der Waals surface area contributed by atoms with E-state index in [1.165, 1.54) is 0 Å². The molecule has 2 aromatic carbocycles. The Bertz CT molecular complexity index is 663. The second-order valence-corrected chi connectivity index (χ2v) is 5.26. The van der Waals surface area contributed by atoms with E-state index in [4.69, 9.17) is 23.2 Å². The van der Waals surface area contributed by atoms with Crippen molar-refractivity contribution in [2.75, 3.05) is 0 Å². The van der Waals surface area contributed by atoms with Gasteiger partial charge in [-0.25, -0.2) is 4.79 Å². The number of aryl methyl sites for hydroxylation is 2. The Hall–Kier alpha value is -1.51. The largest absolute Gasteiger partial charge is 0.478 e. The number of hydrogen-bond acceptors (Lipinski definition) is 1. The van der Waals surface area contributed by atoms with Crippen molar-refractivity contribution in [3.63, 3.8) is 0 Å². The van der Waals surface area contributed by atoms with Crippen molar-refractivity contribution in [3.05, 3.63) is 57.1 Å². The lowest BCUT2D eigenvalue weighted by Crippen LogP contribution is -2.01. The monoisotopic (exact) mass is 294 g/mol. The molecule has 19 heavy (non-hydrogen) atoms. The summed E-state index contributed by atoms with van der Waals surface area (Å²) in [7, 11) is 0. The molecule has 1 N–H and O–H groups in total. The first-order valence-electron chi connectivity index (χ1n) is 5.70. The van der Waals surface area contributed by atoms with Gasteiger partial charge in [0.15, 0.2) is 0 Å². The summed E-state index contributed by atoms with van der Waals surface area (Å²) in [5.41, 5.74) is 3.50. The third-order valence-corrected chi connectivity index (χ3v) is 3.59. The minimum Gasteiger partial charge on any atom is -0.478 e. The highest BCUT2D eigenvalue weighted by molar-refractivity contribution is 6.35. The summed E-state index contributed by atoms with van der Waals surface area (Å²) in [4.78, 5) is 11.2. The Morgan fingerprint density at radius 1 is 1.00 bits per heavy atom. The Labute approximate surface area is 121 Å². The molecule has 0 spiro atoms. The van der Waals surface area contributed by atoms with Crippen LogP contribution in [0.3, 0.4) is 0 Å². The van der Waals surface area contributed by atoms with Gasteiger partial charge < -0.3 is 5.11 Å². The first-order chi connectivity index (χ1) is 8.90. The van der Waals surface area contributed by atoms with Gasteiger partial charge in [-0.05, 0) is 54.8 Å². The molecule has 0 saturated carbocycles. The topological polar surface area (TPSA) is 37.3 Å². The molecule has 0 radical (unpaired) electrons. The summed E-state index contributed by atoms with van der Waals surface area (Å²) in [6, 6.07) is 8.64. The van der Waals surface area contributed by atoms with Crippen LogP contribution >= 0.6 is 23.2 Å². The lowest BCUT2D eigenvalue weighted by molar-refractivity contribution is 0.0696. The van der Waals surface area contributed by atoms with Gasteiger partial charge in [-0.1, -0.05) is 29.3 Å². The molecule has 4 heteroatoms. The zero-order chi connectivity index (χ0) is 14.2. The summed E-state index contributed by atoms with van der Waals surface area (Å²) in [6.45, 7) is 3.70. The van der Waals surface area contributed by atoms with E-state index in [0.717, 1.165) is 22.3 Å². The Morgan fingerprint density at radius 2 is 1.68 bits per heavy atom. The van der Waals surface area contributed by atoms with Crippen LogP contribution in [0.2, 0.25) is 10.0 Å². The summed E-state index contributed by atoms with van der Waals surface area (Å²) in [5.74, 6) is -0.947. The Morgan fingerprint density at radius 3 is 2.32 bits per heavy atom. The molecule has 2 rings (SSSR count). The first kappa shape index (κ1) is 13.9. The molecule has 2 nitrogen and oxygen atoms in total. The van der Waals surface area contributed by atoms with Gasteiger partial charge in [-0.2, -0.15) is 0 Å². The van der Waals surface area contributed by atoms with E-state index in [2.05, 4.69) is 0 Å². The van der Waals surface area contributed by atoms with Crippen molar-refractivity contribution >= 4 is 29.2 Å². The quantitative estimate of drug-likeness (QED) is 0.848. The second-order valence-electron chi connectivity index (χ2n) is 4.41. The molecule has 2 aromatic rings. The smallest absolute Gasteiger partial charge is 0.335 e. The molecule has 0 amide bonds. The Balaban J connectivity index is 2.71. The summed E-state index contributed by atoms with van der Waals surface area (Å²) >= 11 is 12.1. The van der Waals surface area contributed by atoms with Crippen LogP contribution in [0.15, 0.2) is 30.3 Å². The van der Waals surface area contributed by atoms with Crippen LogP contribution in [-0.4, -0.2) is 11.1 Å². The fourth-order valence-electron chi connectivity index (χ4n) is 2.08. The second kappa shape index (κ2) is 5.24. The maximum absolute atomic E-state index is 11.2. The van der Waals surface area contributed by atoms with E-state index in [-0.39, 0.29) is 5.56 Å². The van der Waals surface area contributed by atoms with Crippen LogP contribution in [0.25, 0.3) is 11.1 Å². The van der Waals surface area contributed by atoms with Crippen LogP contribution < -0.4 is 0 Å². The van der Waals surface area contributed by atoms with Gasteiger partial charge in [0, 0.05) is 15.6 Å². The standard InChI is InChI=1S/C15H12Cl2O2/c1-8-5-9(2)12(15(18)19)7-11(8)13-6-10(16)3-4-14(13)17/h3-7H,1-2H3,(H,18,19). The van der Waals surface area contributed by atoms with Gasteiger partial charge >= 0.3 is 5.97 Å². The molecule has 0 saturated heterocycles. The van der Waals surface area contributed by atoms with Crippen molar-refractivity contribution < 1.29 is 9.90 Å². The van der Waals surface area contributed by atoms with Gasteiger partial charge in [0.1, 0.15) is 0 Å². The molecule has 0 unspecified atom stereocenters. The SMILES string of the molecule is Cc1cc(C)c(-c2cc(Cl)ccc2Cl)cc1C(=O)O. The highest BCUT2D eigenvalue weighted by Gasteiger charge is 2.13. The van der Waals surface area contributed by atoms with Crippen LogP contribution in [0.1, 0.15) is 21.5 Å². The predicted molar refractivity (Wildman–Crippen MR) is 78.3 cm³/mol. The molecule has 0 fully saturated rings. The number of halogens is 2. The zero-order valence-corrected chi connectivity index (χ0v) is 12.0. The number of aromatic carboxylic acids is 1. The number of carbonyl (C=O) groups is 1. The van der Waals surface area contributed by atoms with Gasteiger partial charge in [0.05, 0.1) is 5.56 Å². The van der Waals surface area contributed by atoms with E-state index in [0.29, 0.717) is 10.0 Å². The minimum atomic E-state index is -0.947. The molecule has 0 atom stereocenters. The van der Waals surface area contributed by atoms with Crippen molar-refractivity contribution in [1.29, 1.82) is 0 Å². The van der Waals surface area contributed by atoms with E-state index < -0.39 is 5.97 Å². The lowest BCUT2D eigenvalue weighted by atomic mass is 9.95. The van der Waals surface area contributed by atoms with Crippen LogP contribution in [0, 0.1) is 13.8 Å². The molecule has 0 aliphatic rings. The summed E-state index contributed by atoms with van der Waals surface area (Å²) in [5, 5.41) is 10.3. The number of carboxylic acid groups (broad SMARTS) is 1. The molecule has 0 aliphatic carbocycles. The molecular weight excluding hydrogens is 283 g/mol. The number of rotatable bonds is 2. The van der Waals surface area contributed by atoms with Crippen LogP contribution in [0.4, 0.5) is 0 Å². The van der Waals surface area contributed by atoms with Gasteiger partial charge in [0.2, 0.25) is 0 Å². The average molecular weight is 295 g/mol. The molecule has 0 aliphatic heterocycles. The van der Waals surface area contributed by atoms with Crippen molar-refractivity contribution in [1.82, 2.24) is 0 Å². The highest BCUT2D eigenvalue weighted by atomic mass is 35.5. The summed E-state index contributed by atoms with van der Waals surface area (Å²) < 4.78 is 0. The number of benzene rings is 2. The van der Waals surface area contributed by atoms with Crippen LogP contribution in [-0.2, 0) is 0 Å². The van der Waals surface area contributed by atoms with Crippen molar-refractivity contribution in [3.8, 4) is 11.1 Å². The third kappa shape index (κ3) is 2.75. The minimum absolute atomic E-state index is 0.275. The molecule has 0 bridgehead atoms. The lowest BCUT2D eigenvalue weighted by Gasteiger charge is -2.12. The Kier molecular flexibility index (Phi) is 3.83. The van der Waals surface area contributed by atoms with Crippen molar-refractivity contribution in [2.45, 2.75) is 13.8 Å². The fraction of sp³-hybridized carbons (Fsp3) is 0.133. The molecule has 98 valence electrons. The normalized spacial score (nSPS) is 10.5. The number of carboxylic acids is 1. The highest BCUT2D eigenvalue weighted by Crippen LogP contribution is 2.34. The van der Waals surface area contributed by atoms with Gasteiger partial charge in [-0.3, -0.25) is 0 Å². The van der Waals surface area contributed by atoms with E-state index in [1.54, 1.807) is 31.2 Å². The molecule has 0 aromatic heterocycles.